The molecule has 7 nitrogen and oxygen atoms in total. The minimum Gasteiger partial charge on any atom is -0.338 e. The standard InChI is InChI=1S/C26H28FN5O2/c1-14-9-21(27)23(31-26(34)28-8-7-16-3-4-16)11-19(14)20-10-18-13-29-24(12-22(18)30-15(20)2)32-25(33)17-5-6-17/h9-13,16-17H,3-8H2,1-2H3,(H2,28,31,34)(H,29,32,33). The fraction of sp³-hybridized carbons (Fsp3) is 0.385. The van der Waals surface area contributed by atoms with Gasteiger partial charge in [-0.15, -0.1) is 0 Å². The van der Waals surface area contributed by atoms with Crippen LogP contribution in [0.4, 0.5) is 20.7 Å². The fourth-order valence-electron chi connectivity index (χ4n) is 4.10. The Balaban J connectivity index is 1.38. The van der Waals surface area contributed by atoms with E-state index >= 15 is 0 Å². The van der Waals surface area contributed by atoms with Gasteiger partial charge in [-0.2, -0.15) is 0 Å². The molecule has 34 heavy (non-hydrogen) atoms. The molecule has 0 radical (unpaired) electrons. The van der Waals surface area contributed by atoms with E-state index in [-0.39, 0.29) is 17.5 Å². The van der Waals surface area contributed by atoms with Crippen LogP contribution >= 0.6 is 0 Å². The van der Waals surface area contributed by atoms with Gasteiger partial charge < -0.3 is 16.0 Å². The molecule has 0 saturated heterocycles. The molecule has 0 unspecified atom stereocenters. The van der Waals surface area contributed by atoms with Crippen molar-refractivity contribution in [2.75, 3.05) is 17.2 Å². The highest BCUT2D eigenvalue weighted by Crippen LogP contribution is 2.34. The lowest BCUT2D eigenvalue weighted by Crippen LogP contribution is -2.30. The Morgan fingerprint density at radius 3 is 2.56 bits per heavy atom. The fourth-order valence-corrected chi connectivity index (χ4v) is 4.10. The van der Waals surface area contributed by atoms with Gasteiger partial charge in [-0.1, -0.05) is 12.8 Å². The first-order valence-electron chi connectivity index (χ1n) is 11.8. The van der Waals surface area contributed by atoms with Crippen LogP contribution in [0.2, 0.25) is 0 Å². The molecule has 3 aromatic rings. The number of carbonyl (C=O) groups excluding carboxylic acids is 2. The van der Waals surface area contributed by atoms with Gasteiger partial charge in [-0.3, -0.25) is 9.78 Å². The normalized spacial score (nSPS) is 15.3. The van der Waals surface area contributed by atoms with Crippen molar-refractivity contribution in [2.45, 2.75) is 46.0 Å². The molecule has 2 aliphatic carbocycles. The molecule has 176 valence electrons. The van der Waals surface area contributed by atoms with E-state index in [4.69, 9.17) is 4.98 Å². The number of aryl methyl sites for hydroxylation is 2. The highest BCUT2D eigenvalue weighted by atomic mass is 19.1. The number of carbonyl (C=O) groups is 2. The topological polar surface area (TPSA) is 96.0 Å². The van der Waals surface area contributed by atoms with Crippen molar-refractivity contribution in [2.24, 2.45) is 11.8 Å². The summed E-state index contributed by atoms with van der Waals surface area (Å²) in [5.74, 6) is 0.813. The lowest BCUT2D eigenvalue weighted by Gasteiger charge is -2.15. The van der Waals surface area contributed by atoms with Crippen LogP contribution in [0.5, 0.6) is 0 Å². The van der Waals surface area contributed by atoms with Crippen LogP contribution in [0.15, 0.2) is 30.5 Å². The lowest BCUT2D eigenvalue weighted by molar-refractivity contribution is -0.117. The van der Waals surface area contributed by atoms with E-state index in [9.17, 15) is 14.0 Å². The summed E-state index contributed by atoms with van der Waals surface area (Å²) in [6, 6.07) is 6.39. The number of hydrogen-bond acceptors (Lipinski definition) is 4. The molecule has 3 amide bonds. The van der Waals surface area contributed by atoms with E-state index in [1.807, 2.05) is 19.9 Å². The molecule has 5 rings (SSSR count). The summed E-state index contributed by atoms with van der Waals surface area (Å²) < 4.78 is 14.6. The monoisotopic (exact) mass is 461 g/mol. The van der Waals surface area contributed by atoms with Crippen LogP contribution in [-0.2, 0) is 4.79 Å². The van der Waals surface area contributed by atoms with Crippen molar-refractivity contribution in [3.63, 3.8) is 0 Å². The Hall–Kier alpha value is -3.55. The van der Waals surface area contributed by atoms with Gasteiger partial charge in [0.2, 0.25) is 5.91 Å². The predicted octanol–water partition coefficient (Wildman–Crippen LogP) is 5.32. The number of pyridine rings is 2. The number of nitrogens with one attached hydrogen (secondary N) is 3. The molecule has 2 saturated carbocycles. The summed E-state index contributed by atoms with van der Waals surface area (Å²) in [6.07, 6.45) is 6.94. The first kappa shape index (κ1) is 22.3. The number of hydrogen-bond donors (Lipinski definition) is 3. The minimum absolute atomic E-state index is 0.00117. The first-order chi connectivity index (χ1) is 16.4. The number of aromatic nitrogens is 2. The van der Waals surface area contributed by atoms with Gasteiger partial charge >= 0.3 is 6.03 Å². The number of nitrogens with zero attached hydrogens (tertiary/aromatic N) is 2. The summed E-state index contributed by atoms with van der Waals surface area (Å²) >= 11 is 0. The highest BCUT2D eigenvalue weighted by molar-refractivity contribution is 5.95. The molecular weight excluding hydrogens is 433 g/mol. The van der Waals surface area contributed by atoms with E-state index < -0.39 is 11.8 Å². The second-order valence-electron chi connectivity index (χ2n) is 9.41. The first-order valence-corrected chi connectivity index (χ1v) is 11.8. The van der Waals surface area contributed by atoms with Gasteiger partial charge in [0, 0.05) is 41.4 Å². The van der Waals surface area contributed by atoms with Gasteiger partial charge in [0.1, 0.15) is 11.6 Å². The molecule has 2 fully saturated rings. The summed E-state index contributed by atoms with van der Waals surface area (Å²) in [5.41, 5.74) is 3.96. The van der Waals surface area contributed by atoms with Gasteiger partial charge in [0.25, 0.3) is 0 Å². The van der Waals surface area contributed by atoms with Crippen LogP contribution in [0.1, 0.15) is 43.4 Å². The molecule has 3 N–H and O–H groups in total. The van der Waals surface area contributed by atoms with Crippen molar-refractivity contribution in [3.05, 3.63) is 47.5 Å². The average molecular weight is 462 g/mol. The molecule has 0 atom stereocenters. The minimum atomic E-state index is -0.484. The van der Waals surface area contributed by atoms with Crippen LogP contribution in [-0.4, -0.2) is 28.5 Å². The van der Waals surface area contributed by atoms with Gasteiger partial charge in [-0.05, 0) is 68.4 Å². The molecular formula is C26H28FN5O2. The third kappa shape index (κ3) is 5.00. The maximum atomic E-state index is 14.6. The smallest absolute Gasteiger partial charge is 0.319 e. The van der Waals surface area contributed by atoms with Gasteiger partial charge in [0.05, 0.1) is 11.2 Å². The van der Waals surface area contributed by atoms with Crippen molar-refractivity contribution < 1.29 is 14.0 Å². The molecule has 2 aliphatic rings. The van der Waals surface area contributed by atoms with Crippen molar-refractivity contribution in [1.29, 1.82) is 0 Å². The Morgan fingerprint density at radius 1 is 1.03 bits per heavy atom. The number of urea groups is 1. The average Bonchev–Trinajstić information content (AvgIpc) is 3.69. The van der Waals surface area contributed by atoms with Gasteiger partial charge in [0.15, 0.2) is 0 Å². The number of fused-ring (bicyclic) bond motifs is 1. The zero-order chi connectivity index (χ0) is 23.8. The van der Waals surface area contributed by atoms with Crippen molar-refractivity contribution in [1.82, 2.24) is 15.3 Å². The maximum Gasteiger partial charge on any atom is 0.319 e. The quantitative estimate of drug-likeness (QED) is 0.444. The van der Waals surface area contributed by atoms with Crippen LogP contribution in [0.25, 0.3) is 22.0 Å². The summed E-state index contributed by atoms with van der Waals surface area (Å²) in [4.78, 5) is 33.4. The maximum absolute atomic E-state index is 14.6. The number of halogens is 1. The van der Waals surface area contributed by atoms with Crippen LogP contribution < -0.4 is 16.0 Å². The Bertz CT molecular complexity index is 1280. The summed E-state index contributed by atoms with van der Waals surface area (Å²) in [7, 11) is 0. The molecule has 2 aromatic heterocycles. The molecule has 8 heteroatoms. The van der Waals surface area contributed by atoms with E-state index in [0.717, 1.165) is 52.5 Å². The van der Waals surface area contributed by atoms with E-state index in [0.29, 0.717) is 18.3 Å². The highest BCUT2D eigenvalue weighted by Gasteiger charge is 2.29. The third-order valence-electron chi connectivity index (χ3n) is 6.48. The summed E-state index contributed by atoms with van der Waals surface area (Å²) in [5, 5.41) is 9.10. The Kier molecular flexibility index (Phi) is 5.89. The van der Waals surface area contributed by atoms with E-state index in [1.165, 1.54) is 18.9 Å². The Labute approximate surface area is 197 Å². The largest absolute Gasteiger partial charge is 0.338 e. The van der Waals surface area contributed by atoms with Crippen molar-refractivity contribution in [3.8, 4) is 11.1 Å². The van der Waals surface area contributed by atoms with E-state index in [1.54, 1.807) is 18.3 Å². The molecule has 0 bridgehead atoms. The molecule has 0 spiro atoms. The molecule has 2 heterocycles. The number of benzene rings is 1. The van der Waals surface area contributed by atoms with Crippen molar-refractivity contribution >= 4 is 34.3 Å². The van der Waals surface area contributed by atoms with E-state index in [2.05, 4.69) is 20.9 Å². The second-order valence-corrected chi connectivity index (χ2v) is 9.41. The Morgan fingerprint density at radius 2 is 1.82 bits per heavy atom. The second kappa shape index (κ2) is 9.00. The number of anilines is 2. The number of rotatable bonds is 7. The van der Waals surface area contributed by atoms with Crippen LogP contribution in [0.3, 0.4) is 0 Å². The van der Waals surface area contributed by atoms with Gasteiger partial charge in [-0.25, -0.2) is 14.2 Å². The molecule has 1 aromatic carbocycles. The summed E-state index contributed by atoms with van der Waals surface area (Å²) in [6.45, 7) is 4.30. The third-order valence-corrected chi connectivity index (χ3v) is 6.48. The molecule has 0 aliphatic heterocycles. The zero-order valence-corrected chi connectivity index (χ0v) is 19.4. The number of amides is 3. The predicted molar refractivity (Wildman–Crippen MR) is 130 cm³/mol. The lowest BCUT2D eigenvalue weighted by atomic mass is 9.97. The van der Waals surface area contributed by atoms with Crippen LogP contribution in [0, 0.1) is 31.5 Å². The SMILES string of the molecule is Cc1cc(F)c(NC(=O)NCCC2CC2)cc1-c1cc2cnc(NC(=O)C3CC3)cc2nc1C. The zero-order valence-electron chi connectivity index (χ0n) is 19.4.